The number of hydrogen-bond donors (Lipinski definition) is 2. The molecule has 1 aromatic rings. The number of primary amides is 1. The zero-order valence-corrected chi connectivity index (χ0v) is 10.5. The highest BCUT2D eigenvalue weighted by atomic mass is 35.5. The van der Waals surface area contributed by atoms with Crippen molar-refractivity contribution in [2.45, 2.75) is 25.7 Å². The number of carbonyl (C=O) groups is 1. The van der Waals surface area contributed by atoms with Crippen molar-refractivity contribution in [2.75, 3.05) is 11.9 Å². The molecule has 0 atom stereocenters. The van der Waals surface area contributed by atoms with Gasteiger partial charge in [0.05, 0.1) is 10.6 Å². The molecule has 3 nitrogen and oxygen atoms in total. The SMILES string of the molecule is NC(=O)c1ccc(NCC2CCCC2)cc1Cl. The lowest BCUT2D eigenvalue weighted by molar-refractivity contribution is 0.100. The van der Waals surface area contributed by atoms with E-state index in [9.17, 15) is 4.79 Å². The average molecular weight is 253 g/mol. The number of anilines is 1. The molecule has 2 rings (SSSR count). The third kappa shape index (κ3) is 3.13. The van der Waals surface area contributed by atoms with E-state index in [1.165, 1.54) is 25.7 Å². The van der Waals surface area contributed by atoms with Crippen LogP contribution >= 0.6 is 11.6 Å². The van der Waals surface area contributed by atoms with Gasteiger partial charge in [-0.05, 0) is 37.0 Å². The molecule has 0 spiro atoms. The lowest BCUT2D eigenvalue weighted by Crippen LogP contribution is -2.13. The first-order chi connectivity index (χ1) is 8.16. The summed E-state index contributed by atoms with van der Waals surface area (Å²) in [6.45, 7) is 0.978. The summed E-state index contributed by atoms with van der Waals surface area (Å²) in [6, 6.07) is 5.28. The molecule has 92 valence electrons. The van der Waals surface area contributed by atoms with E-state index < -0.39 is 5.91 Å². The summed E-state index contributed by atoms with van der Waals surface area (Å²) in [5, 5.41) is 3.77. The fourth-order valence-electron chi connectivity index (χ4n) is 2.30. The fourth-order valence-corrected chi connectivity index (χ4v) is 2.58. The highest BCUT2D eigenvalue weighted by Crippen LogP contribution is 2.26. The molecule has 1 aromatic carbocycles. The van der Waals surface area contributed by atoms with Crippen LogP contribution in [0.4, 0.5) is 5.69 Å². The van der Waals surface area contributed by atoms with Crippen molar-refractivity contribution < 1.29 is 4.79 Å². The second-order valence-corrected chi connectivity index (χ2v) is 5.00. The van der Waals surface area contributed by atoms with Crippen molar-refractivity contribution in [3.63, 3.8) is 0 Å². The molecule has 0 saturated heterocycles. The Labute approximate surface area is 106 Å². The van der Waals surface area contributed by atoms with Crippen LogP contribution < -0.4 is 11.1 Å². The topological polar surface area (TPSA) is 55.1 Å². The molecule has 3 N–H and O–H groups in total. The molecule has 1 aliphatic carbocycles. The Morgan fingerprint density at radius 1 is 1.41 bits per heavy atom. The first-order valence-corrected chi connectivity index (χ1v) is 6.38. The lowest BCUT2D eigenvalue weighted by atomic mass is 10.1. The Balaban J connectivity index is 1.97. The zero-order chi connectivity index (χ0) is 12.3. The number of halogens is 1. The Kier molecular flexibility index (Phi) is 3.89. The first kappa shape index (κ1) is 12.2. The van der Waals surface area contributed by atoms with Gasteiger partial charge in [-0.15, -0.1) is 0 Å². The Morgan fingerprint density at radius 3 is 2.71 bits per heavy atom. The van der Waals surface area contributed by atoms with Crippen LogP contribution in [0.15, 0.2) is 18.2 Å². The Morgan fingerprint density at radius 2 is 2.12 bits per heavy atom. The molecule has 0 aliphatic heterocycles. The number of nitrogens with two attached hydrogens (primary N) is 1. The molecule has 4 heteroatoms. The minimum atomic E-state index is -0.489. The van der Waals surface area contributed by atoms with Crippen LogP contribution in [0.3, 0.4) is 0 Å². The van der Waals surface area contributed by atoms with E-state index in [0.29, 0.717) is 10.6 Å². The van der Waals surface area contributed by atoms with Gasteiger partial charge in [-0.1, -0.05) is 24.4 Å². The quantitative estimate of drug-likeness (QED) is 0.865. The van der Waals surface area contributed by atoms with Crippen LogP contribution in [0.25, 0.3) is 0 Å². The number of nitrogens with one attached hydrogen (secondary N) is 1. The molecule has 0 bridgehead atoms. The lowest BCUT2D eigenvalue weighted by Gasteiger charge is -2.12. The van der Waals surface area contributed by atoms with Crippen LogP contribution in [-0.2, 0) is 0 Å². The van der Waals surface area contributed by atoms with Crippen LogP contribution in [-0.4, -0.2) is 12.5 Å². The second-order valence-electron chi connectivity index (χ2n) is 4.59. The van der Waals surface area contributed by atoms with Gasteiger partial charge in [-0.25, -0.2) is 0 Å². The second kappa shape index (κ2) is 5.41. The van der Waals surface area contributed by atoms with Crippen molar-refractivity contribution in [1.29, 1.82) is 0 Å². The minimum absolute atomic E-state index is 0.373. The van der Waals surface area contributed by atoms with Gasteiger partial charge in [0.25, 0.3) is 0 Å². The van der Waals surface area contributed by atoms with Crippen LogP contribution in [0.1, 0.15) is 36.0 Å². The number of amides is 1. The van der Waals surface area contributed by atoms with E-state index in [-0.39, 0.29) is 0 Å². The third-order valence-corrected chi connectivity index (χ3v) is 3.62. The number of hydrogen-bond acceptors (Lipinski definition) is 2. The van der Waals surface area contributed by atoms with Gasteiger partial charge >= 0.3 is 0 Å². The largest absolute Gasteiger partial charge is 0.385 e. The normalized spacial score (nSPS) is 16.1. The van der Waals surface area contributed by atoms with E-state index in [0.717, 1.165) is 18.2 Å². The van der Waals surface area contributed by atoms with Gasteiger partial charge in [-0.3, -0.25) is 4.79 Å². The number of carbonyl (C=O) groups excluding carboxylic acids is 1. The molecule has 0 aromatic heterocycles. The van der Waals surface area contributed by atoms with Crippen molar-refractivity contribution in [2.24, 2.45) is 11.7 Å². The smallest absolute Gasteiger partial charge is 0.250 e. The standard InChI is InChI=1S/C13H17ClN2O/c14-12-7-10(5-6-11(12)13(15)17)16-8-9-3-1-2-4-9/h5-7,9,16H,1-4,8H2,(H2,15,17). The molecule has 1 amide bonds. The van der Waals surface area contributed by atoms with Gasteiger partial charge < -0.3 is 11.1 Å². The van der Waals surface area contributed by atoms with E-state index in [4.69, 9.17) is 17.3 Å². The van der Waals surface area contributed by atoms with Gasteiger partial charge in [0.1, 0.15) is 0 Å². The Bertz CT molecular complexity index is 414. The minimum Gasteiger partial charge on any atom is -0.385 e. The zero-order valence-electron chi connectivity index (χ0n) is 9.71. The summed E-state index contributed by atoms with van der Waals surface area (Å²) in [4.78, 5) is 11.0. The summed E-state index contributed by atoms with van der Waals surface area (Å²) in [6.07, 6.45) is 5.29. The van der Waals surface area contributed by atoms with Gasteiger partial charge in [0, 0.05) is 12.2 Å². The average Bonchev–Trinajstić information content (AvgIpc) is 2.78. The summed E-state index contributed by atoms with van der Waals surface area (Å²) < 4.78 is 0. The number of rotatable bonds is 4. The predicted molar refractivity (Wildman–Crippen MR) is 70.4 cm³/mol. The van der Waals surface area contributed by atoms with Gasteiger partial charge in [0.2, 0.25) is 5.91 Å². The molecule has 0 radical (unpaired) electrons. The summed E-state index contributed by atoms with van der Waals surface area (Å²) in [5.74, 6) is 0.280. The van der Waals surface area contributed by atoms with Crippen molar-refractivity contribution in [1.82, 2.24) is 0 Å². The first-order valence-electron chi connectivity index (χ1n) is 6.00. The molecule has 0 unspecified atom stereocenters. The van der Waals surface area contributed by atoms with Crippen LogP contribution in [0, 0.1) is 5.92 Å². The molecular formula is C13H17ClN2O. The summed E-state index contributed by atoms with van der Waals surface area (Å²) in [5.41, 5.74) is 6.52. The maximum absolute atomic E-state index is 11.0. The highest BCUT2D eigenvalue weighted by Gasteiger charge is 2.14. The van der Waals surface area contributed by atoms with Crippen molar-refractivity contribution in [3.8, 4) is 0 Å². The summed E-state index contributed by atoms with van der Waals surface area (Å²) in [7, 11) is 0. The summed E-state index contributed by atoms with van der Waals surface area (Å²) >= 11 is 5.98. The molecule has 1 saturated carbocycles. The maximum Gasteiger partial charge on any atom is 0.250 e. The van der Waals surface area contributed by atoms with Gasteiger partial charge in [0.15, 0.2) is 0 Å². The fraction of sp³-hybridized carbons (Fsp3) is 0.462. The van der Waals surface area contributed by atoms with E-state index >= 15 is 0 Å². The Hall–Kier alpha value is -1.22. The van der Waals surface area contributed by atoms with Gasteiger partial charge in [-0.2, -0.15) is 0 Å². The monoisotopic (exact) mass is 252 g/mol. The molecule has 17 heavy (non-hydrogen) atoms. The van der Waals surface area contributed by atoms with Crippen molar-refractivity contribution >= 4 is 23.2 Å². The van der Waals surface area contributed by atoms with E-state index in [1.807, 2.05) is 6.07 Å². The van der Waals surface area contributed by atoms with E-state index in [1.54, 1.807) is 12.1 Å². The van der Waals surface area contributed by atoms with Crippen LogP contribution in [0.2, 0.25) is 5.02 Å². The molecule has 0 heterocycles. The highest BCUT2D eigenvalue weighted by molar-refractivity contribution is 6.34. The number of benzene rings is 1. The van der Waals surface area contributed by atoms with Crippen molar-refractivity contribution in [3.05, 3.63) is 28.8 Å². The molecule has 1 aliphatic rings. The predicted octanol–water partition coefficient (Wildman–Crippen LogP) is 3.04. The van der Waals surface area contributed by atoms with Crippen LogP contribution in [0.5, 0.6) is 0 Å². The third-order valence-electron chi connectivity index (χ3n) is 3.30. The molecular weight excluding hydrogens is 236 g/mol. The maximum atomic E-state index is 11.0. The molecule has 1 fully saturated rings. The van der Waals surface area contributed by atoms with E-state index in [2.05, 4.69) is 5.32 Å².